The van der Waals surface area contributed by atoms with Crippen molar-refractivity contribution in [3.8, 4) is 0 Å². The predicted octanol–water partition coefficient (Wildman–Crippen LogP) is 4.50. The molecule has 1 aliphatic heterocycles. The Morgan fingerprint density at radius 2 is 1.83 bits per heavy atom. The Hall–Kier alpha value is -2.99. The fourth-order valence-corrected chi connectivity index (χ4v) is 4.67. The van der Waals surface area contributed by atoms with E-state index in [1.807, 2.05) is 17.0 Å². The first kappa shape index (κ1) is 19.3. The highest BCUT2D eigenvalue weighted by Crippen LogP contribution is 2.33. The summed E-state index contributed by atoms with van der Waals surface area (Å²) in [7, 11) is 1.36. The molecule has 0 unspecified atom stereocenters. The number of likely N-dealkylation sites (tertiary alicyclic amines) is 1. The van der Waals surface area contributed by atoms with Gasteiger partial charge in [-0.3, -0.25) is 4.79 Å². The lowest BCUT2D eigenvalue weighted by molar-refractivity contribution is -0.126. The van der Waals surface area contributed by atoms with Crippen molar-refractivity contribution in [2.24, 2.45) is 0 Å². The van der Waals surface area contributed by atoms with E-state index in [4.69, 9.17) is 4.98 Å². The Labute approximate surface area is 173 Å². The second-order valence-electron chi connectivity index (χ2n) is 7.07. The van der Waals surface area contributed by atoms with Gasteiger partial charge in [0.25, 0.3) is 0 Å². The van der Waals surface area contributed by atoms with Crippen molar-refractivity contribution in [3.63, 3.8) is 0 Å². The smallest absolute Gasteiger partial charge is 0.337 e. The van der Waals surface area contributed by atoms with Crippen LogP contribution >= 0.6 is 11.3 Å². The van der Waals surface area contributed by atoms with Crippen LogP contribution in [0.25, 0.3) is 16.3 Å². The average Bonchev–Trinajstić information content (AvgIpc) is 3.22. The molecule has 2 aromatic carbocycles. The number of piperidine rings is 1. The summed E-state index contributed by atoms with van der Waals surface area (Å²) in [6.07, 6.45) is 5.26. The molecule has 1 amide bonds. The number of para-hydroxylation sites is 1. The number of esters is 1. The molecule has 0 saturated carbocycles. The van der Waals surface area contributed by atoms with Gasteiger partial charge in [0.2, 0.25) is 5.91 Å². The van der Waals surface area contributed by atoms with E-state index in [-0.39, 0.29) is 11.9 Å². The van der Waals surface area contributed by atoms with Gasteiger partial charge in [-0.2, -0.15) is 0 Å². The van der Waals surface area contributed by atoms with Crippen LogP contribution in [-0.2, 0) is 9.53 Å². The monoisotopic (exact) mass is 406 g/mol. The molecule has 0 atom stereocenters. The van der Waals surface area contributed by atoms with Crippen LogP contribution < -0.4 is 0 Å². The zero-order chi connectivity index (χ0) is 20.2. The van der Waals surface area contributed by atoms with Crippen molar-refractivity contribution in [3.05, 3.63) is 70.7 Å². The topological polar surface area (TPSA) is 59.5 Å². The Balaban J connectivity index is 1.34. The maximum Gasteiger partial charge on any atom is 0.337 e. The number of benzene rings is 2. The van der Waals surface area contributed by atoms with Crippen molar-refractivity contribution < 1.29 is 14.3 Å². The lowest BCUT2D eigenvalue weighted by Gasteiger charge is -2.30. The van der Waals surface area contributed by atoms with Gasteiger partial charge in [0.05, 0.1) is 27.9 Å². The van der Waals surface area contributed by atoms with Crippen molar-refractivity contribution in [2.75, 3.05) is 20.2 Å². The molecule has 4 rings (SSSR count). The molecule has 0 spiro atoms. The van der Waals surface area contributed by atoms with Crippen LogP contribution in [-0.4, -0.2) is 42.0 Å². The van der Waals surface area contributed by atoms with Crippen LogP contribution in [0.3, 0.4) is 0 Å². The highest BCUT2D eigenvalue weighted by atomic mass is 32.1. The van der Waals surface area contributed by atoms with E-state index >= 15 is 0 Å². The first-order valence-electron chi connectivity index (χ1n) is 9.65. The molecule has 3 aromatic rings. The van der Waals surface area contributed by atoms with Crippen LogP contribution in [0.1, 0.15) is 39.7 Å². The van der Waals surface area contributed by atoms with E-state index in [2.05, 4.69) is 16.9 Å². The second-order valence-corrected chi connectivity index (χ2v) is 8.13. The van der Waals surface area contributed by atoms with Crippen LogP contribution in [0, 0.1) is 0 Å². The quantitative estimate of drug-likeness (QED) is 0.473. The highest BCUT2D eigenvalue weighted by Gasteiger charge is 2.25. The number of hydrogen-bond acceptors (Lipinski definition) is 5. The minimum atomic E-state index is -0.368. The lowest BCUT2D eigenvalue weighted by atomic mass is 9.97. The predicted molar refractivity (Wildman–Crippen MR) is 115 cm³/mol. The summed E-state index contributed by atoms with van der Waals surface area (Å²) in [6, 6.07) is 15.2. The average molecular weight is 407 g/mol. The molecule has 1 fully saturated rings. The third kappa shape index (κ3) is 4.38. The molecule has 29 heavy (non-hydrogen) atoms. The normalized spacial score (nSPS) is 15.1. The number of aromatic nitrogens is 1. The van der Waals surface area contributed by atoms with Gasteiger partial charge in [0.15, 0.2) is 0 Å². The largest absolute Gasteiger partial charge is 0.465 e. The molecule has 1 aromatic heterocycles. The van der Waals surface area contributed by atoms with Gasteiger partial charge in [-0.25, -0.2) is 9.78 Å². The Bertz CT molecular complexity index is 1010. The summed E-state index contributed by atoms with van der Waals surface area (Å²) in [5.74, 6) is 0.0729. The van der Waals surface area contributed by atoms with Crippen LogP contribution in [0.2, 0.25) is 0 Å². The zero-order valence-electron chi connectivity index (χ0n) is 16.2. The van der Waals surface area contributed by atoms with Crippen molar-refractivity contribution >= 4 is 39.5 Å². The summed E-state index contributed by atoms with van der Waals surface area (Å²) in [5.41, 5.74) is 2.43. The number of ether oxygens (including phenoxy) is 1. The minimum absolute atomic E-state index is 0.0183. The minimum Gasteiger partial charge on any atom is -0.465 e. The van der Waals surface area contributed by atoms with Gasteiger partial charge in [0.1, 0.15) is 0 Å². The fourth-order valence-electron chi connectivity index (χ4n) is 3.53. The summed E-state index contributed by atoms with van der Waals surface area (Å²) >= 11 is 1.76. The molecule has 6 heteroatoms. The molecule has 0 N–H and O–H groups in total. The van der Waals surface area contributed by atoms with E-state index in [9.17, 15) is 9.59 Å². The van der Waals surface area contributed by atoms with Gasteiger partial charge < -0.3 is 9.64 Å². The van der Waals surface area contributed by atoms with Gasteiger partial charge in [-0.05, 0) is 48.7 Å². The van der Waals surface area contributed by atoms with Crippen molar-refractivity contribution in [2.45, 2.75) is 18.8 Å². The van der Waals surface area contributed by atoms with Gasteiger partial charge in [-0.15, -0.1) is 11.3 Å². The summed E-state index contributed by atoms with van der Waals surface area (Å²) in [6.45, 7) is 1.48. The van der Waals surface area contributed by atoms with Crippen LogP contribution in [0.15, 0.2) is 54.6 Å². The summed E-state index contributed by atoms with van der Waals surface area (Å²) in [4.78, 5) is 30.7. The SMILES string of the molecule is COC(=O)c1ccc(/C=C/C(=O)N2CCC(c3nc4ccccc4s3)CC2)cc1. The van der Waals surface area contributed by atoms with E-state index in [1.165, 1.54) is 16.8 Å². The second kappa shape index (κ2) is 8.57. The standard InChI is InChI=1S/C23H22N2O3S/c1-28-23(27)18-9-6-16(7-10-18)8-11-21(26)25-14-12-17(13-15-25)22-24-19-4-2-3-5-20(19)29-22/h2-11,17H,12-15H2,1H3/b11-8+. The van der Waals surface area contributed by atoms with Crippen molar-refractivity contribution in [1.82, 2.24) is 9.88 Å². The maximum absolute atomic E-state index is 12.5. The lowest BCUT2D eigenvalue weighted by Crippen LogP contribution is -2.36. The molecule has 0 radical (unpaired) electrons. The molecular weight excluding hydrogens is 384 g/mol. The molecule has 148 valence electrons. The first-order valence-corrected chi connectivity index (χ1v) is 10.5. The first-order chi connectivity index (χ1) is 14.1. The Kier molecular flexibility index (Phi) is 5.71. The molecule has 0 aliphatic carbocycles. The third-order valence-electron chi connectivity index (χ3n) is 5.22. The number of carbonyl (C=O) groups excluding carboxylic acids is 2. The zero-order valence-corrected chi connectivity index (χ0v) is 17.0. The molecule has 0 bridgehead atoms. The highest BCUT2D eigenvalue weighted by molar-refractivity contribution is 7.18. The fraction of sp³-hybridized carbons (Fsp3) is 0.261. The van der Waals surface area contributed by atoms with E-state index in [0.29, 0.717) is 11.5 Å². The van der Waals surface area contributed by atoms with Crippen LogP contribution in [0.5, 0.6) is 0 Å². The number of rotatable bonds is 4. The van der Waals surface area contributed by atoms with Gasteiger partial charge in [-0.1, -0.05) is 24.3 Å². The summed E-state index contributed by atoms with van der Waals surface area (Å²) < 4.78 is 5.91. The number of amides is 1. The van der Waals surface area contributed by atoms with Crippen molar-refractivity contribution in [1.29, 1.82) is 0 Å². The number of thiazole rings is 1. The maximum atomic E-state index is 12.5. The molecule has 1 aliphatic rings. The summed E-state index contributed by atoms with van der Waals surface area (Å²) in [5, 5.41) is 1.18. The number of carbonyl (C=O) groups is 2. The number of methoxy groups -OCH3 is 1. The Morgan fingerprint density at radius 3 is 2.52 bits per heavy atom. The number of hydrogen-bond donors (Lipinski definition) is 0. The molecule has 1 saturated heterocycles. The molecule has 5 nitrogen and oxygen atoms in total. The number of nitrogens with zero attached hydrogens (tertiary/aromatic N) is 2. The third-order valence-corrected chi connectivity index (χ3v) is 6.42. The van der Waals surface area contributed by atoms with Crippen LogP contribution in [0.4, 0.5) is 0 Å². The van der Waals surface area contributed by atoms with Gasteiger partial charge in [0, 0.05) is 25.1 Å². The van der Waals surface area contributed by atoms with E-state index in [0.717, 1.165) is 37.0 Å². The molecule has 2 heterocycles. The van der Waals surface area contributed by atoms with E-state index < -0.39 is 0 Å². The van der Waals surface area contributed by atoms with Gasteiger partial charge >= 0.3 is 5.97 Å². The molecular formula is C23H22N2O3S. The Morgan fingerprint density at radius 1 is 1.10 bits per heavy atom. The number of fused-ring (bicyclic) bond motifs is 1. The van der Waals surface area contributed by atoms with E-state index in [1.54, 1.807) is 47.8 Å².